The van der Waals surface area contributed by atoms with Crippen LogP contribution in [0.1, 0.15) is 84.1 Å². The Labute approximate surface area is 249 Å². The van der Waals surface area contributed by atoms with Gasteiger partial charge >= 0.3 is 5.97 Å². The quantitative estimate of drug-likeness (QED) is 0.285. The topological polar surface area (TPSA) is 115 Å². The molecule has 1 aliphatic carbocycles. The molecule has 224 valence electrons. The Hall–Kier alpha value is -4.31. The fraction of sp³-hybridized carbons (Fsp3) is 0.394. The summed E-state index contributed by atoms with van der Waals surface area (Å²) >= 11 is 0. The van der Waals surface area contributed by atoms with E-state index < -0.39 is 23.5 Å². The molecular weight excluding hydrogens is 551 g/mol. The zero-order chi connectivity index (χ0) is 30.6. The Morgan fingerprint density at radius 3 is 2.63 bits per heavy atom. The lowest BCUT2D eigenvalue weighted by atomic mass is 9.91. The lowest BCUT2D eigenvalue weighted by Gasteiger charge is -2.28. The molecule has 0 spiro atoms. The standard InChI is InChI=1S/C33H35FN4O5/c1-17-20-12-9-13-42-29(20)23(34)14-21(17)28-27(30(32(40)41)43-33(3,4)5)18(2)35-26-16-25(37-38(26)28)31(39)36-24-15-22(24)19-10-7-6-8-11-19/h6-8,10-11,14,16,22,24,30H,9,12-13,15H2,1-5H3,(H,36,39)(H,40,41)/t22-,24+,30+/m1/s1. The molecule has 3 heterocycles. The molecule has 10 heteroatoms. The van der Waals surface area contributed by atoms with Crippen molar-refractivity contribution in [2.45, 2.75) is 77.5 Å². The van der Waals surface area contributed by atoms with Gasteiger partial charge in [-0.1, -0.05) is 30.3 Å². The van der Waals surface area contributed by atoms with Crippen molar-refractivity contribution in [1.82, 2.24) is 19.9 Å². The number of carbonyl (C=O) groups is 2. The Morgan fingerprint density at radius 1 is 1.19 bits per heavy atom. The summed E-state index contributed by atoms with van der Waals surface area (Å²) in [5.41, 5.74) is 3.67. The van der Waals surface area contributed by atoms with Crippen LogP contribution in [0.5, 0.6) is 5.75 Å². The third kappa shape index (κ3) is 5.47. The number of halogens is 1. The van der Waals surface area contributed by atoms with Crippen molar-refractivity contribution in [3.63, 3.8) is 0 Å². The minimum Gasteiger partial charge on any atom is -0.490 e. The lowest BCUT2D eigenvalue weighted by Crippen LogP contribution is -2.29. The molecule has 0 unspecified atom stereocenters. The predicted molar refractivity (Wildman–Crippen MR) is 158 cm³/mol. The van der Waals surface area contributed by atoms with E-state index in [1.165, 1.54) is 16.1 Å². The number of carboxylic acid groups (broad SMARTS) is 1. The average molecular weight is 587 g/mol. The van der Waals surface area contributed by atoms with E-state index in [2.05, 4.69) is 15.4 Å². The van der Waals surface area contributed by atoms with Gasteiger partial charge in [0.05, 0.1) is 17.9 Å². The number of amides is 1. The number of hydrogen-bond donors (Lipinski definition) is 2. The number of fused-ring (bicyclic) bond motifs is 2. The highest BCUT2D eigenvalue weighted by Gasteiger charge is 2.40. The number of carbonyl (C=O) groups excluding carboxylic acids is 1. The molecule has 0 radical (unpaired) electrons. The number of benzene rings is 2. The number of rotatable bonds is 7. The summed E-state index contributed by atoms with van der Waals surface area (Å²) < 4.78 is 28.7. The molecule has 0 saturated heterocycles. The van der Waals surface area contributed by atoms with E-state index in [4.69, 9.17) is 9.47 Å². The smallest absolute Gasteiger partial charge is 0.337 e. The number of ether oxygens (including phenoxy) is 2. The molecule has 4 aromatic rings. The molecule has 2 N–H and O–H groups in total. The maximum atomic E-state index is 15.5. The first kappa shape index (κ1) is 28.8. The summed E-state index contributed by atoms with van der Waals surface area (Å²) in [7, 11) is 0. The summed E-state index contributed by atoms with van der Waals surface area (Å²) in [6.07, 6.45) is 0.750. The van der Waals surface area contributed by atoms with E-state index >= 15 is 4.39 Å². The van der Waals surface area contributed by atoms with Gasteiger partial charge in [-0.25, -0.2) is 18.7 Å². The highest BCUT2D eigenvalue weighted by Crippen LogP contribution is 2.42. The third-order valence-electron chi connectivity index (χ3n) is 8.05. The molecular formula is C33H35FN4O5. The van der Waals surface area contributed by atoms with E-state index in [9.17, 15) is 14.7 Å². The Kier molecular flexibility index (Phi) is 7.20. The predicted octanol–water partition coefficient (Wildman–Crippen LogP) is 5.70. The monoisotopic (exact) mass is 586 g/mol. The number of aliphatic carboxylic acids is 1. The van der Waals surface area contributed by atoms with Crippen molar-refractivity contribution in [2.75, 3.05) is 6.61 Å². The molecule has 1 amide bonds. The maximum Gasteiger partial charge on any atom is 0.337 e. The molecule has 3 atom stereocenters. The molecule has 2 aromatic heterocycles. The van der Waals surface area contributed by atoms with Gasteiger partial charge in [-0.3, -0.25) is 4.79 Å². The minimum atomic E-state index is -1.43. The Balaban J connectivity index is 1.49. The second kappa shape index (κ2) is 10.8. The van der Waals surface area contributed by atoms with Crippen molar-refractivity contribution >= 4 is 17.5 Å². The molecule has 6 rings (SSSR count). The van der Waals surface area contributed by atoms with Crippen LogP contribution in [-0.4, -0.2) is 49.8 Å². The molecule has 1 fully saturated rings. The zero-order valence-corrected chi connectivity index (χ0v) is 24.9. The number of aryl methyl sites for hydroxylation is 1. The Bertz CT molecular complexity index is 1740. The van der Waals surface area contributed by atoms with Crippen LogP contribution in [0.25, 0.3) is 16.9 Å². The van der Waals surface area contributed by atoms with Gasteiger partial charge in [-0.2, -0.15) is 5.10 Å². The van der Waals surface area contributed by atoms with Crippen molar-refractivity contribution in [1.29, 1.82) is 0 Å². The summed E-state index contributed by atoms with van der Waals surface area (Å²) in [6, 6.07) is 12.9. The second-order valence-electron chi connectivity index (χ2n) is 12.3. The SMILES string of the molecule is Cc1nc2cc(C(=O)N[C@H]3C[C@@H]3c3ccccc3)nn2c(-c2cc(F)c3c(c2C)CCCO3)c1[C@H](OC(C)(C)C)C(=O)O. The first-order valence-corrected chi connectivity index (χ1v) is 14.5. The van der Waals surface area contributed by atoms with Crippen LogP contribution in [0.3, 0.4) is 0 Å². The van der Waals surface area contributed by atoms with Crippen LogP contribution in [-0.2, 0) is 16.0 Å². The van der Waals surface area contributed by atoms with Crippen LogP contribution in [0.4, 0.5) is 4.39 Å². The van der Waals surface area contributed by atoms with Crippen molar-refractivity contribution < 1.29 is 28.6 Å². The molecule has 2 aliphatic rings. The van der Waals surface area contributed by atoms with E-state index in [1.54, 1.807) is 33.8 Å². The highest BCUT2D eigenvalue weighted by molar-refractivity contribution is 5.94. The zero-order valence-electron chi connectivity index (χ0n) is 24.9. The lowest BCUT2D eigenvalue weighted by molar-refractivity contribution is -0.160. The first-order chi connectivity index (χ1) is 20.4. The summed E-state index contributed by atoms with van der Waals surface area (Å²) in [5, 5.41) is 18.0. The number of hydrogen-bond acceptors (Lipinski definition) is 6. The third-order valence-corrected chi connectivity index (χ3v) is 8.05. The van der Waals surface area contributed by atoms with Crippen molar-refractivity contribution in [2.24, 2.45) is 0 Å². The van der Waals surface area contributed by atoms with Crippen LogP contribution < -0.4 is 10.1 Å². The molecule has 43 heavy (non-hydrogen) atoms. The van der Waals surface area contributed by atoms with E-state index in [0.29, 0.717) is 35.6 Å². The number of nitrogens with one attached hydrogen (secondary N) is 1. The van der Waals surface area contributed by atoms with Crippen LogP contribution >= 0.6 is 0 Å². The van der Waals surface area contributed by atoms with Gasteiger partial charge in [0.1, 0.15) is 0 Å². The van der Waals surface area contributed by atoms with Gasteiger partial charge in [-0.15, -0.1) is 0 Å². The van der Waals surface area contributed by atoms with Crippen LogP contribution in [0.15, 0.2) is 42.5 Å². The summed E-state index contributed by atoms with van der Waals surface area (Å²) in [5.74, 6) is -1.67. The normalized spacial score (nSPS) is 18.6. The van der Waals surface area contributed by atoms with Crippen molar-refractivity contribution in [3.8, 4) is 17.0 Å². The van der Waals surface area contributed by atoms with Crippen molar-refractivity contribution in [3.05, 3.63) is 81.9 Å². The van der Waals surface area contributed by atoms with Gasteiger partial charge in [0, 0.05) is 40.4 Å². The van der Waals surface area contributed by atoms with Gasteiger partial charge in [0.2, 0.25) is 0 Å². The van der Waals surface area contributed by atoms with E-state index in [0.717, 1.165) is 24.0 Å². The molecule has 1 aliphatic heterocycles. The van der Waals surface area contributed by atoms with Gasteiger partial charge in [-0.05, 0) is 71.1 Å². The van der Waals surface area contributed by atoms with Gasteiger partial charge in [0.15, 0.2) is 29.0 Å². The van der Waals surface area contributed by atoms with E-state index in [1.807, 2.05) is 37.3 Å². The number of nitrogens with zero attached hydrogens (tertiary/aromatic N) is 3. The minimum absolute atomic E-state index is 0.0157. The number of carboxylic acids is 1. The fourth-order valence-electron chi connectivity index (χ4n) is 5.97. The molecule has 9 nitrogen and oxygen atoms in total. The fourth-order valence-corrected chi connectivity index (χ4v) is 5.97. The van der Waals surface area contributed by atoms with Gasteiger partial charge < -0.3 is 19.9 Å². The average Bonchev–Trinajstić information content (AvgIpc) is 3.60. The highest BCUT2D eigenvalue weighted by atomic mass is 19.1. The first-order valence-electron chi connectivity index (χ1n) is 14.5. The van der Waals surface area contributed by atoms with E-state index in [-0.39, 0.29) is 34.9 Å². The molecule has 0 bridgehead atoms. The summed E-state index contributed by atoms with van der Waals surface area (Å²) in [4.78, 5) is 30.7. The molecule has 1 saturated carbocycles. The maximum absolute atomic E-state index is 15.5. The van der Waals surface area contributed by atoms with Gasteiger partial charge in [0.25, 0.3) is 5.91 Å². The molecule has 2 aromatic carbocycles. The van der Waals surface area contributed by atoms with Crippen LogP contribution in [0, 0.1) is 19.7 Å². The largest absolute Gasteiger partial charge is 0.490 e. The van der Waals surface area contributed by atoms with Crippen LogP contribution in [0.2, 0.25) is 0 Å². The Morgan fingerprint density at radius 2 is 1.93 bits per heavy atom. The second-order valence-corrected chi connectivity index (χ2v) is 12.3. The summed E-state index contributed by atoms with van der Waals surface area (Å²) in [6.45, 7) is 9.28. The number of aromatic nitrogens is 3.